The van der Waals surface area contributed by atoms with E-state index in [9.17, 15) is 0 Å². The second-order valence-electron chi connectivity index (χ2n) is 5.95. The molecule has 4 nitrogen and oxygen atoms in total. The quantitative estimate of drug-likeness (QED) is 0.912. The van der Waals surface area contributed by atoms with Gasteiger partial charge in [-0.1, -0.05) is 27.7 Å². The van der Waals surface area contributed by atoms with E-state index in [4.69, 9.17) is 4.74 Å². The number of anilines is 1. The zero-order valence-corrected chi connectivity index (χ0v) is 13.7. The van der Waals surface area contributed by atoms with E-state index in [1.807, 2.05) is 0 Å². The second-order valence-corrected chi connectivity index (χ2v) is 6.85. The minimum atomic E-state index is 0.0934. The third kappa shape index (κ3) is 3.27. The number of aryl methyl sites for hydroxylation is 1. The lowest BCUT2D eigenvalue weighted by Crippen LogP contribution is -2.35. The molecule has 0 bridgehead atoms. The molecule has 0 saturated heterocycles. The highest BCUT2D eigenvalue weighted by atomic mass is 32.1. The van der Waals surface area contributed by atoms with E-state index in [0.717, 1.165) is 34.8 Å². The standard InChI is InChI=1S/C15H23N3OS/c1-6-12-17-13(10-7-8-20-14(10)18-12)16-9-11(19-5)15(2,3)4/h7-8,11H,6,9H2,1-5H3,(H,16,17,18). The molecule has 0 aromatic carbocycles. The molecular formula is C15H23N3OS. The van der Waals surface area contributed by atoms with Gasteiger partial charge < -0.3 is 10.1 Å². The molecule has 5 heteroatoms. The third-order valence-corrected chi connectivity index (χ3v) is 4.20. The number of fused-ring (bicyclic) bond motifs is 1. The molecule has 2 aromatic rings. The third-order valence-electron chi connectivity index (χ3n) is 3.39. The van der Waals surface area contributed by atoms with Crippen molar-refractivity contribution in [2.75, 3.05) is 19.0 Å². The van der Waals surface area contributed by atoms with Gasteiger partial charge in [0.1, 0.15) is 16.5 Å². The van der Waals surface area contributed by atoms with Crippen molar-refractivity contribution in [3.8, 4) is 0 Å². The number of rotatable bonds is 5. The molecule has 110 valence electrons. The normalized spacial score (nSPS) is 13.7. The summed E-state index contributed by atoms with van der Waals surface area (Å²) in [5, 5.41) is 6.59. The Kier molecular flexibility index (Phi) is 4.60. The topological polar surface area (TPSA) is 47.0 Å². The number of hydrogen-bond donors (Lipinski definition) is 1. The van der Waals surface area contributed by atoms with E-state index < -0.39 is 0 Å². The van der Waals surface area contributed by atoms with Crippen LogP contribution in [0.3, 0.4) is 0 Å². The summed E-state index contributed by atoms with van der Waals surface area (Å²) in [5.74, 6) is 1.80. The lowest BCUT2D eigenvalue weighted by atomic mass is 9.89. The first-order valence-corrected chi connectivity index (χ1v) is 7.84. The molecule has 0 amide bonds. The first-order chi connectivity index (χ1) is 9.45. The lowest BCUT2D eigenvalue weighted by molar-refractivity contribution is 0.0268. The monoisotopic (exact) mass is 293 g/mol. The van der Waals surface area contributed by atoms with Crippen molar-refractivity contribution >= 4 is 27.4 Å². The van der Waals surface area contributed by atoms with Crippen molar-refractivity contribution in [1.82, 2.24) is 9.97 Å². The second kappa shape index (κ2) is 6.06. The molecule has 0 aliphatic carbocycles. The number of methoxy groups -OCH3 is 1. The van der Waals surface area contributed by atoms with Crippen LogP contribution in [0.1, 0.15) is 33.5 Å². The molecule has 0 fully saturated rings. The van der Waals surface area contributed by atoms with Crippen LogP contribution >= 0.6 is 11.3 Å². The molecule has 1 unspecified atom stereocenters. The van der Waals surface area contributed by atoms with E-state index in [-0.39, 0.29) is 11.5 Å². The summed E-state index contributed by atoms with van der Waals surface area (Å²) in [6, 6.07) is 2.07. The fourth-order valence-electron chi connectivity index (χ4n) is 2.12. The van der Waals surface area contributed by atoms with Gasteiger partial charge in [-0.25, -0.2) is 9.97 Å². The first kappa shape index (κ1) is 15.2. The Morgan fingerprint density at radius 2 is 2.10 bits per heavy atom. The number of hydrogen-bond acceptors (Lipinski definition) is 5. The van der Waals surface area contributed by atoms with Crippen LogP contribution in [0.5, 0.6) is 0 Å². The van der Waals surface area contributed by atoms with Crippen molar-refractivity contribution in [3.05, 3.63) is 17.3 Å². The average Bonchev–Trinajstić information content (AvgIpc) is 2.85. The highest BCUT2D eigenvalue weighted by Gasteiger charge is 2.24. The van der Waals surface area contributed by atoms with Crippen LogP contribution in [0, 0.1) is 5.41 Å². The fraction of sp³-hybridized carbons (Fsp3) is 0.600. The van der Waals surface area contributed by atoms with Gasteiger partial charge in [-0.3, -0.25) is 0 Å². The summed E-state index contributed by atoms with van der Waals surface area (Å²) in [5.41, 5.74) is 0.0934. The van der Waals surface area contributed by atoms with E-state index in [0.29, 0.717) is 0 Å². The molecule has 0 spiro atoms. The van der Waals surface area contributed by atoms with Crippen LogP contribution < -0.4 is 5.32 Å². The maximum atomic E-state index is 5.58. The lowest BCUT2D eigenvalue weighted by Gasteiger charge is -2.29. The molecule has 0 aliphatic heterocycles. The Labute approximate surface area is 124 Å². The predicted molar refractivity (Wildman–Crippen MR) is 85.5 cm³/mol. The van der Waals surface area contributed by atoms with Gasteiger partial charge in [0, 0.05) is 20.1 Å². The van der Waals surface area contributed by atoms with Crippen LogP contribution in [0.4, 0.5) is 5.82 Å². The van der Waals surface area contributed by atoms with Crippen LogP contribution in [0.2, 0.25) is 0 Å². The number of thiophene rings is 1. The van der Waals surface area contributed by atoms with Gasteiger partial charge in [-0.05, 0) is 16.9 Å². The van der Waals surface area contributed by atoms with E-state index in [1.54, 1.807) is 18.4 Å². The van der Waals surface area contributed by atoms with Gasteiger partial charge in [0.15, 0.2) is 0 Å². The molecule has 0 aliphatic rings. The number of nitrogens with one attached hydrogen (secondary N) is 1. The molecule has 0 radical (unpaired) electrons. The van der Waals surface area contributed by atoms with Gasteiger partial charge in [0.25, 0.3) is 0 Å². The Morgan fingerprint density at radius 3 is 2.70 bits per heavy atom. The van der Waals surface area contributed by atoms with E-state index in [1.165, 1.54) is 0 Å². The molecular weight excluding hydrogens is 270 g/mol. The van der Waals surface area contributed by atoms with Gasteiger partial charge in [-0.2, -0.15) is 0 Å². The highest BCUT2D eigenvalue weighted by Crippen LogP contribution is 2.27. The fourth-order valence-corrected chi connectivity index (χ4v) is 2.91. The Balaban J connectivity index is 2.22. The maximum Gasteiger partial charge on any atom is 0.138 e. The zero-order valence-electron chi connectivity index (χ0n) is 12.9. The molecule has 2 aromatic heterocycles. The maximum absolute atomic E-state index is 5.58. The highest BCUT2D eigenvalue weighted by molar-refractivity contribution is 7.16. The first-order valence-electron chi connectivity index (χ1n) is 6.96. The molecule has 2 heterocycles. The molecule has 20 heavy (non-hydrogen) atoms. The molecule has 0 saturated carbocycles. The molecule has 2 rings (SSSR count). The average molecular weight is 293 g/mol. The summed E-state index contributed by atoms with van der Waals surface area (Å²) in [6.07, 6.45) is 0.978. The Morgan fingerprint density at radius 1 is 1.35 bits per heavy atom. The van der Waals surface area contributed by atoms with E-state index in [2.05, 4.69) is 54.4 Å². The van der Waals surface area contributed by atoms with Crippen LogP contribution in [0.15, 0.2) is 11.4 Å². The van der Waals surface area contributed by atoms with Gasteiger partial charge in [-0.15, -0.1) is 11.3 Å². The Hall–Kier alpha value is -1.20. The minimum absolute atomic E-state index is 0.0934. The Bertz CT molecular complexity index is 574. The van der Waals surface area contributed by atoms with Crippen molar-refractivity contribution in [2.45, 2.75) is 40.2 Å². The number of ether oxygens (including phenoxy) is 1. The van der Waals surface area contributed by atoms with Crippen LogP contribution in [-0.4, -0.2) is 29.7 Å². The van der Waals surface area contributed by atoms with Crippen LogP contribution in [0.25, 0.3) is 10.2 Å². The minimum Gasteiger partial charge on any atom is -0.379 e. The van der Waals surface area contributed by atoms with Crippen molar-refractivity contribution in [2.24, 2.45) is 5.41 Å². The summed E-state index contributed by atoms with van der Waals surface area (Å²) in [6.45, 7) is 9.36. The summed E-state index contributed by atoms with van der Waals surface area (Å²) < 4.78 is 5.58. The number of nitrogens with zero attached hydrogens (tertiary/aromatic N) is 2. The van der Waals surface area contributed by atoms with Crippen molar-refractivity contribution < 1.29 is 4.74 Å². The molecule has 1 N–H and O–H groups in total. The smallest absolute Gasteiger partial charge is 0.138 e. The molecule has 1 atom stereocenters. The zero-order chi connectivity index (χ0) is 14.8. The summed E-state index contributed by atoms with van der Waals surface area (Å²) >= 11 is 1.65. The summed E-state index contributed by atoms with van der Waals surface area (Å²) in [7, 11) is 1.76. The van der Waals surface area contributed by atoms with Gasteiger partial charge in [0.05, 0.1) is 11.5 Å². The van der Waals surface area contributed by atoms with Crippen molar-refractivity contribution in [3.63, 3.8) is 0 Å². The van der Waals surface area contributed by atoms with Crippen molar-refractivity contribution in [1.29, 1.82) is 0 Å². The number of aromatic nitrogens is 2. The van der Waals surface area contributed by atoms with Crippen LogP contribution in [-0.2, 0) is 11.2 Å². The van der Waals surface area contributed by atoms with E-state index >= 15 is 0 Å². The van der Waals surface area contributed by atoms with Gasteiger partial charge in [0.2, 0.25) is 0 Å². The SMILES string of the molecule is CCc1nc(NCC(OC)C(C)(C)C)c2ccsc2n1. The van der Waals surface area contributed by atoms with Gasteiger partial charge >= 0.3 is 0 Å². The predicted octanol–water partition coefficient (Wildman–Crippen LogP) is 3.73. The summed E-state index contributed by atoms with van der Waals surface area (Å²) in [4.78, 5) is 10.2. The largest absolute Gasteiger partial charge is 0.379 e.